The molecular formula is C24H20ClFN2O. The molecule has 3 aromatic rings. The molecule has 0 spiro atoms. The van der Waals surface area contributed by atoms with Crippen LogP contribution in [0.2, 0.25) is 5.02 Å². The molecule has 0 unspecified atom stereocenters. The van der Waals surface area contributed by atoms with Crippen molar-refractivity contribution in [2.45, 2.75) is 32.5 Å². The molecule has 0 amide bonds. The van der Waals surface area contributed by atoms with Crippen molar-refractivity contribution < 1.29 is 9.13 Å². The Kier molecular flexibility index (Phi) is 4.32. The Morgan fingerprint density at radius 1 is 1.00 bits per heavy atom. The van der Waals surface area contributed by atoms with E-state index < -0.39 is 0 Å². The highest BCUT2D eigenvalue weighted by atomic mass is 35.5. The summed E-state index contributed by atoms with van der Waals surface area (Å²) in [4.78, 5) is 0. The number of ether oxygens (including phenoxy) is 1. The molecule has 0 aliphatic carbocycles. The summed E-state index contributed by atoms with van der Waals surface area (Å²) in [7, 11) is 0. The Hall–Kier alpha value is -2.85. The van der Waals surface area contributed by atoms with E-state index in [2.05, 4.69) is 32.0 Å². The third-order valence-electron chi connectivity index (χ3n) is 5.62. The standard InChI is InChI=1S/C24H20ClFN2O/c1-14-3-9-19(15(2)11-14)24-28-22(20-12-17(25)6-10-23(20)29-24)13-21(27-28)16-4-7-18(26)8-5-16/h3-12,22,24H,13H2,1-2H3/t22-,24-/m1/s1. The van der Waals surface area contributed by atoms with Crippen molar-refractivity contribution in [2.24, 2.45) is 5.10 Å². The molecule has 0 N–H and O–H groups in total. The van der Waals surface area contributed by atoms with E-state index in [9.17, 15) is 4.39 Å². The number of nitrogens with zero attached hydrogens (tertiary/aromatic N) is 2. The highest BCUT2D eigenvalue weighted by Crippen LogP contribution is 2.48. The van der Waals surface area contributed by atoms with Crippen LogP contribution in [0.5, 0.6) is 5.75 Å². The van der Waals surface area contributed by atoms with Crippen molar-refractivity contribution in [2.75, 3.05) is 0 Å². The van der Waals surface area contributed by atoms with Gasteiger partial charge in [0.25, 0.3) is 0 Å². The molecule has 5 rings (SSSR count). The molecule has 0 saturated carbocycles. The number of hydrazone groups is 1. The van der Waals surface area contributed by atoms with Gasteiger partial charge in [0, 0.05) is 22.6 Å². The van der Waals surface area contributed by atoms with Crippen LogP contribution in [0.4, 0.5) is 4.39 Å². The van der Waals surface area contributed by atoms with Crippen LogP contribution in [0, 0.1) is 19.7 Å². The SMILES string of the molecule is Cc1ccc([C@H]2Oc3ccc(Cl)cc3[C@H]3CC(c4ccc(F)cc4)=NN32)c(C)c1. The van der Waals surface area contributed by atoms with Gasteiger partial charge in [0.15, 0.2) is 0 Å². The molecule has 0 bridgehead atoms. The molecule has 0 radical (unpaired) electrons. The predicted molar refractivity (Wildman–Crippen MR) is 113 cm³/mol. The Morgan fingerprint density at radius 3 is 2.55 bits per heavy atom. The quantitative estimate of drug-likeness (QED) is 0.496. The molecule has 3 nitrogen and oxygen atoms in total. The lowest BCUT2D eigenvalue weighted by atomic mass is 9.95. The summed E-state index contributed by atoms with van der Waals surface area (Å²) >= 11 is 6.28. The normalized spacial score (nSPS) is 20.0. The van der Waals surface area contributed by atoms with Crippen molar-refractivity contribution in [1.82, 2.24) is 5.01 Å². The summed E-state index contributed by atoms with van der Waals surface area (Å²) in [6.45, 7) is 4.18. The summed E-state index contributed by atoms with van der Waals surface area (Å²) < 4.78 is 19.8. The van der Waals surface area contributed by atoms with E-state index >= 15 is 0 Å². The Labute approximate surface area is 174 Å². The van der Waals surface area contributed by atoms with Gasteiger partial charge < -0.3 is 4.74 Å². The van der Waals surface area contributed by atoms with Crippen molar-refractivity contribution in [3.8, 4) is 5.75 Å². The lowest BCUT2D eigenvalue weighted by Crippen LogP contribution is -2.34. The fourth-order valence-corrected chi connectivity index (χ4v) is 4.36. The first-order valence-corrected chi connectivity index (χ1v) is 10.0. The van der Waals surface area contributed by atoms with Gasteiger partial charge in [-0.05, 0) is 55.3 Å². The Balaban J connectivity index is 1.62. The van der Waals surface area contributed by atoms with Gasteiger partial charge in [-0.2, -0.15) is 5.10 Å². The average Bonchev–Trinajstić information content (AvgIpc) is 3.14. The third-order valence-corrected chi connectivity index (χ3v) is 5.86. The van der Waals surface area contributed by atoms with Crippen LogP contribution in [-0.4, -0.2) is 10.7 Å². The van der Waals surface area contributed by atoms with E-state index in [0.29, 0.717) is 11.4 Å². The lowest BCUT2D eigenvalue weighted by Gasteiger charge is -2.38. The molecule has 0 aromatic heterocycles. The number of hydrogen-bond donors (Lipinski definition) is 0. The molecule has 2 heterocycles. The smallest absolute Gasteiger partial charge is 0.214 e. The van der Waals surface area contributed by atoms with E-state index in [-0.39, 0.29) is 18.1 Å². The fraction of sp³-hybridized carbons (Fsp3) is 0.208. The Bertz CT molecular complexity index is 1130. The number of fused-ring (bicyclic) bond motifs is 3. The minimum Gasteiger partial charge on any atom is -0.464 e. The second-order valence-electron chi connectivity index (χ2n) is 7.67. The lowest BCUT2D eigenvalue weighted by molar-refractivity contribution is -0.0194. The maximum atomic E-state index is 13.4. The molecule has 0 saturated heterocycles. The summed E-state index contributed by atoms with van der Waals surface area (Å²) in [5.41, 5.74) is 6.33. The second kappa shape index (κ2) is 6.89. The molecule has 2 aliphatic rings. The zero-order valence-corrected chi connectivity index (χ0v) is 16.9. The maximum absolute atomic E-state index is 13.4. The van der Waals surface area contributed by atoms with Crippen molar-refractivity contribution in [1.29, 1.82) is 0 Å². The first-order chi connectivity index (χ1) is 14.0. The third kappa shape index (κ3) is 3.18. The highest BCUT2D eigenvalue weighted by molar-refractivity contribution is 6.30. The van der Waals surface area contributed by atoms with E-state index in [1.54, 1.807) is 12.1 Å². The first-order valence-electron chi connectivity index (χ1n) is 9.64. The van der Waals surface area contributed by atoms with Gasteiger partial charge in [-0.25, -0.2) is 9.40 Å². The summed E-state index contributed by atoms with van der Waals surface area (Å²) in [5, 5.41) is 7.62. The largest absolute Gasteiger partial charge is 0.464 e. The van der Waals surface area contributed by atoms with Gasteiger partial charge in [0.1, 0.15) is 11.6 Å². The molecule has 5 heteroatoms. The minimum atomic E-state index is -0.327. The molecule has 2 aliphatic heterocycles. The molecule has 29 heavy (non-hydrogen) atoms. The zero-order valence-electron chi connectivity index (χ0n) is 16.2. The van der Waals surface area contributed by atoms with Crippen molar-refractivity contribution in [3.63, 3.8) is 0 Å². The van der Waals surface area contributed by atoms with E-state index in [4.69, 9.17) is 21.4 Å². The van der Waals surface area contributed by atoms with Crippen LogP contribution >= 0.6 is 11.6 Å². The average molecular weight is 407 g/mol. The van der Waals surface area contributed by atoms with Gasteiger partial charge in [-0.3, -0.25) is 0 Å². The van der Waals surface area contributed by atoms with Crippen molar-refractivity contribution >= 4 is 17.3 Å². The van der Waals surface area contributed by atoms with Crippen LogP contribution in [0.1, 0.15) is 46.5 Å². The molecule has 0 fully saturated rings. The van der Waals surface area contributed by atoms with Crippen molar-refractivity contribution in [3.05, 3.63) is 99.3 Å². The van der Waals surface area contributed by atoms with E-state index in [0.717, 1.165) is 33.7 Å². The number of aryl methyl sites for hydroxylation is 2. The summed E-state index contributed by atoms with van der Waals surface area (Å²) in [6, 6.07) is 18.6. The molecular weight excluding hydrogens is 387 g/mol. The number of rotatable bonds is 2. The van der Waals surface area contributed by atoms with E-state index in [1.807, 2.05) is 23.2 Å². The maximum Gasteiger partial charge on any atom is 0.214 e. The van der Waals surface area contributed by atoms with Crippen LogP contribution in [0.25, 0.3) is 0 Å². The van der Waals surface area contributed by atoms with Gasteiger partial charge in [0.05, 0.1) is 11.8 Å². The summed E-state index contributed by atoms with van der Waals surface area (Å²) in [6.07, 6.45) is 0.385. The van der Waals surface area contributed by atoms with Gasteiger partial charge >= 0.3 is 0 Å². The van der Waals surface area contributed by atoms with Gasteiger partial charge in [0.2, 0.25) is 6.23 Å². The number of benzene rings is 3. The molecule has 3 aromatic carbocycles. The Morgan fingerprint density at radius 2 is 1.79 bits per heavy atom. The molecule has 146 valence electrons. The molecule has 2 atom stereocenters. The van der Waals surface area contributed by atoms with Gasteiger partial charge in [-0.1, -0.05) is 47.5 Å². The van der Waals surface area contributed by atoms with Crippen LogP contribution in [-0.2, 0) is 0 Å². The predicted octanol–water partition coefficient (Wildman–Crippen LogP) is 6.34. The van der Waals surface area contributed by atoms with E-state index in [1.165, 1.54) is 17.7 Å². The van der Waals surface area contributed by atoms with Gasteiger partial charge in [-0.15, -0.1) is 0 Å². The monoisotopic (exact) mass is 406 g/mol. The number of halogens is 2. The minimum absolute atomic E-state index is 0.0169. The fourth-order valence-electron chi connectivity index (χ4n) is 4.18. The second-order valence-corrected chi connectivity index (χ2v) is 8.10. The van der Waals surface area contributed by atoms with Crippen LogP contribution < -0.4 is 4.74 Å². The first kappa shape index (κ1) is 18.2. The topological polar surface area (TPSA) is 24.8 Å². The summed E-state index contributed by atoms with van der Waals surface area (Å²) in [5.74, 6) is 0.579. The highest BCUT2D eigenvalue weighted by Gasteiger charge is 2.41. The number of hydrogen-bond acceptors (Lipinski definition) is 3. The zero-order chi connectivity index (χ0) is 20.1. The van der Waals surface area contributed by atoms with Crippen LogP contribution in [0.15, 0.2) is 65.8 Å². The van der Waals surface area contributed by atoms with Crippen LogP contribution in [0.3, 0.4) is 0 Å².